The van der Waals surface area contributed by atoms with Crippen molar-refractivity contribution in [3.63, 3.8) is 0 Å². The van der Waals surface area contributed by atoms with Crippen LogP contribution in [0.5, 0.6) is 0 Å². The Morgan fingerprint density at radius 2 is 1.84 bits per heavy atom. The van der Waals surface area contributed by atoms with Crippen molar-refractivity contribution in [2.75, 3.05) is 17.7 Å². The molecule has 0 aliphatic carbocycles. The quantitative estimate of drug-likeness (QED) is 0.858. The van der Waals surface area contributed by atoms with E-state index in [0.717, 1.165) is 5.56 Å². The zero-order valence-electron chi connectivity index (χ0n) is 11.0. The fraction of sp³-hybridized carbons (Fsp3) is 0.200. The number of halogens is 2. The van der Waals surface area contributed by atoms with Gasteiger partial charge in [0.05, 0.1) is 11.4 Å². The zero-order chi connectivity index (χ0) is 14.0. The van der Waals surface area contributed by atoms with Crippen molar-refractivity contribution in [2.45, 2.75) is 13.5 Å². The second-order valence-corrected chi connectivity index (χ2v) is 4.62. The Morgan fingerprint density at radius 3 is 2.47 bits per heavy atom. The third-order valence-corrected chi connectivity index (χ3v) is 3.04. The van der Waals surface area contributed by atoms with Crippen LogP contribution in [0.1, 0.15) is 11.1 Å². The minimum atomic E-state index is -0.360. The van der Waals surface area contributed by atoms with Crippen molar-refractivity contribution in [1.29, 1.82) is 0 Å². The fourth-order valence-corrected chi connectivity index (χ4v) is 2.09. The normalized spacial score (nSPS) is 10.5. The molecule has 2 rings (SSSR count). The minimum absolute atomic E-state index is 0.239. The summed E-state index contributed by atoms with van der Waals surface area (Å²) in [6, 6.07) is 9.47. The lowest BCUT2D eigenvalue weighted by Crippen LogP contribution is -2.19. The van der Waals surface area contributed by atoms with Crippen molar-refractivity contribution in [3.8, 4) is 0 Å². The highest BCUT2D eigenvalue weighted by molar-refractivity contribution is 5.67. The van der Waals surface area contributed by atoms with Crippen LogP contribution in [0.3, 0.4) is 0 Å². The highest BCUT2D eigenvalue weighted by Crippen LogP contribution is 2.27. The summed E-state index contributed by atoms with van der Waals surface area (Å²) in [4.78, 5) is 1.72. The molecular weight excluding hydrogens is 246 g/mol. The summed E-state index contributed by atoms with van der Waals surface area (Å²) >= 11 is 0. The van der Waals surface area contributed by atoms with Gasteiger partial charge >= 0.3 is 0 Å². The van der Waals surface area contributed by atoms with Gasteiger partial charge in [0.1, 0.15) is 11.6 Å². The lowest BCUT2D eigenvalue weighted by atomic mass is 10.1. The van der Waals surface area contributed by atoms with Crippen LogP contribution < -0.4 is 10.6 Å². The number of benzene rings is 2. The molecule has 0 spiro atoms. The van der Waals surface area contributed by atoms with Crippen molar-refractivity contribution >= 4 is 11.4 Å². The molecule has 0 fully saturated rings. The largest absolute Gasteiger partial charge is 0.397 e. The van der Waals surface area contributed by atoms with Crippen molar-refractivity contribution < 1.29 is 8.78 Å². The molecule has 2 aromatic carbocycles. The van der Waals surface area contributed by atoms with Gasteiger partial charge in [0, 0.05) is 13.6 Å². The SMILES string of the molecule is Cc1cc(CN(C)c2c(N)cccc2F)ccc1F. The minimum Gasteiger partial charge on any atom is -0.397 e. The molecule has 0 atom stereocenters. The Balaban J connectivity index is 2.25. The monoisotopic (exact) mass is 262 g/mol. The van der Waals surface area contributed by atoms with Crippen molar-refractivity contribution in [2.24, 2.45) is 0 Å². The van der Waals surface area contributed by atoms with Gasteiger partial charge in [-0.1, -0.05) is 18.2 Å². The topological polar surface area (TPSA) is 29.3 Å². The first-order valence-electron chi connectivity index (χ1n) is 5.99. The molecule has 0 amide bonds. The van der Waals surface area contributed by atoms with Crippen LogP contribution in [0.25, 0.3) is 0 Å². The molecule has 19 heavy (non-hydrogen) atoms. The lowest BCUT2D eigenvalue weighted by molar-refractivity contribution is 0.615. The molecule has 0 heterocycles. The number of aryl methyl sites for hydroxylation is 1. The Kier molecular flexibility index (Phi) is 3.69. The van der Waals surface area contributed by atoms with E-state index in [0.29, 0.717) is 23.5 Å². The van der Waals surface area contributed by atoms with Gasteiger partial charge in [-0.15, -0.1) is 0 Å². The first-order valence-corrected chi connectivity index (χ1v) is 5.99. The summed E-state index contributed by atoms with van der Waals surface area (Å²) in [7, 11) is 1.76. The molecule has 100 valence electrons. The molecule has 0 aromatic heterocycles. The molecule has 0 unspecified atom stereocenters. The van der Waals surface area contributed by atoms with Crippen LogP contribution in [0.4, 0.5) is 20.2 Å². The molecule has 0 bridgehead atoms. The van der Waals surface area contributed by atoms with Gasteiger partial charge in [-0.3, -0.25) is 0 Å². The van der Waals surface area contributed by atoms with E-state index in [-0.39, 0.29) is 11.6 Å². The summed E-state index contributed by atoms with van der Waals surface area (Å²) in [6.07, 6.45) is 0. The van der Waals surface area contributed by atoms with Crippen molar-refractivity contribution in [1.82, 2.24) is 0 Å². The molecule has 0 radical (unpaired) electrons. The second kappa shape index (κ2) is 5.26. The summed E-state index contributed by atoms with van der Waals surface area (Å²) < 4.78 is 27.0. The fourth-order valence-electron chi connectivity index (χ4n) is 2.09. The van der Waals surface area contributed by atoms with Gasteiger partial charge in [0.15, 0.2) is 0 Å². The van der Waals surface area contributed by atoms with E-state index in [1.807, 2.05) is 0 Å². The van der Waals surface area contributed by atoms with Crippen LogP contribution in [0.2, 0.25) is 0 Å². The molecular formula is C15H16F2N2. The number of nitrogens with two attached hydrogens (primary N) is 1. The number of nitrogens with zero attached hydrogens (tertiary/aromatic N) is 1. The first kappa shape index (κ1) is 13.3. The van der Waals surface area contributed by atoms with Crippen molar-refractivity contribution in [3.05, 3.63) is 59.2 Å². The number of hydrogen-bond donors (Lipinski definition) is 1. The van der Waals surface area contributed by atoms with Crippen LogP contribution in [-0.2, 0) is 6.54 Å². The lowest BCUT2D eigenvalue weighted by Gasteiger charge is -2.22. The smallest absolute Gasteiger partial charge is 0.148 e. The summed E-state index contributed by atoms with van der Waals surface area (Å²) in [5.74, 6) is -0.599. The summed E-state index contributed by atoms with van der Waals surface area (Å²) in [6.45, 7) is 2.17. The van der Waals surface area contributed by atoms with E-state index in [1.165, 1.54) is 12.1 Å². The van der Waals surface area contributed by atoms with Crippen LogP contribution in [0, 0.1) is 18.6 Å². The van der Waals surface area contributed by atoms with E-state index in [4.69, 9.17) is 5.73 Å². The molecule has 2 aromatic rings. The standard InChI is InChI=1S/C15H16F2N2/c1-10-8-11(6-7-12(10)16)9-19(2)15-13(17)4-3-5-14(15)18/h3-8H,9,18H2,1-2H3. The molecule has 4 heteroatoms. The average Bonchev–Trinajstić information content (AvgIpc) is 2.33. The maximum Gasteiger partial charge on any atom is 0.148 e. The van der Waals surface area contributed by atoms with Gasteiger partial charge in [0.25, 0.3) is 0 Å². The Morgan fingerprint density at radius 1 is 1.11 bits per heavy atom. The van der Waals surface area contributed by atoms with Gasteiger partial charge in [-0.05, 0) is 36.2 Å². The number of anilines is 2. The molecule has 0 saturated carbocycles. The second-order valence-electron chi connectivity index (χ2n) is 4.62. The van der Waals surface area contributed by atoms with Gasteiger partial charge in [-0.2, -0.15) is 0 Å². The first-order chi connectivity index (χ1) is 8.99. The third kappa shape index (κ3) is 2.84. The van der Waals surface area contributed by atoms with Crippen LogP contribution >= 0.6 is 0 Å². The highest BCUT2D eigenvalue weighted by Gasteiger charge is 2.11. The van der Waals surface area contributed by atoms with E-state index in [9.17, 15) is 8.78 Å². The zero-order valence-corrected chi connectivity index (χ0v) is 11.0. The Labute approximate surface area is 111 Å². The molecule has 0 saturated heterocycles. The van der Waals surface area contributed by atoms with Gasteiger partial charge in [0.2, 0.25) is 0 Å². The van der Waals surface area contributed by atoms with E-state index in [2.05, 4.69) is 0 Å². The van der Waals surface area contributed by atoms with E-state index < -0.39 is 0 Å². The Bertz CT molecular complexity index is 576. The van der Waals surface area contributed by atoms with E-state index >= 15 is 0 Å². The number of para-hydroxylation sites is 1. The maximum absolute atomic E-state index is 13.8. The summed E-state index contributed by atoms with van der Waals surface area (Å²) in [5.41, 5.74) is 8.03. The molecule has 2 nitrogen and oxygen atoms in total. The van der Waals surface area contributed by atoms with Crippen LogP contribution in [0.15, 0.2) is 36.4 Å². The number of hydrogen-bond acceptors (Lipinski definition) is 2. The van der Waals surface area contributed by atoms with Gasteiger partial charge < -0.3 is 10.6 Å². The number of nitrogen functional groups attached to an aromatic ring is 1. The maximum atomic E-state index is 13.8. The number of rotatable bonds is 3. The summed E-state index contributed by atoms with van der Waals surface area (Å²) in [5, 5.41) is 0. The Hall–Kier alpha value is -2.10. The van der Waals surface area contributed by atoms with E-state index in [1.54, 1.807) is 43.1 Å². The molecule has 0 aliphatic heterocycles. The predicted molar refractivity (Wildman–Crippen MR) is 74.1 cm³/mol. The molecule has 2 N–H and O–H groups in total. The highest BCUT2D eigenvalue weighted by atomic mass is 19.1. The predicted octanol–water partition coefficient (Wildman–Crippen LogP) is 3.49. The average molecular weight is 262 g/mol. The van der Waals surface area contributed by atoms with Gasteiger partial charge in [-0.25, -0.2) is 8.78 Å². The third-order valence-electron chi connectivity index (χ3n) is 3.04. The van der Waals surface area contributed by atoms with Crippen LogP contribution in [-0.4, -0.2) is 7.05 Å². The molecule has 0 aliphatic rings.